The second kappa shape index (κ2) is 8.28. The molecule has 0 saturated heterocycles. The Morgan fingerprint density at radius 1 is 1.21 bits per heavy atom. The van der Waals surface area contributed by atoms with Crippen molar-refractivity contribution in [2.75, 3.05) is 24.8 Å². The summed E-state index contributed by atoms with van der Waals surface area (Å²) in [5, 5.41) is 12.3. The third-order valence-corrected chi connectivity index (χ3v) is 4.40. The number of hydroxylamine groups is 2. The Bertz CT molecular complexity index is 1000. The van der Waals surface area contributed by atoms with E-state index in [9.17, 15) is 4.79 Å². The van der Waals surface area contributed by atoms with Crippen molar-refractivity contribution >= 4 is 40.5 Å². The summed E-state index contributed by atoms with van der Waals surface area (Å²) in [6, 6.07) is 10.8. The van der Waals surface area contributed by atoms with Crippen LogP contribution in [-0.2, 0) is 11.9 Å². The smallest absolute Gasteiger partial charge is 0.279 e. The minimum Gasteiger partial charge on any atom is -0.353 e. The quantitative estimate of drug-likeness (QED) is 0.610. The number of carbonyl (C=O) groups is 1. The van der Waals surface area contributed by atoms with Crippen LogP contribution in [0, 0.1) is 6.92 Å². The number of aromatic nitrogens is 3. The number of carbonyl (C=O) groups excluding carboxylic acids is 1. The van der Waals surface area contributed by atoms with Crippen molar-refractivity contribution in [2.45, 2.75) is 6.92 Å². The first-order valence-electron chi connectivity index (χ1n) is 8.50. The predicted molar refractivity (Wildman–Crippen MR) is 109 cm³/mol. The van der Waals surface area contributed by atoms with E-state index in [4.69, 9.17) is 16.4 Å². The highest BCUT2D eigenvalue weighted by Gasteiger charge is 2.16. The Hall–Kier alpha value is -3.10. The maximum Gasteiger partial charge on any atom is 0.279 e. The van der Waals surface area contributed by atoms with E-state index in [2.05, 4.69) is 20.7 Å². The summed E-state index contributed by atoms with van der Waals surface area (Å²) in [4.78, 5) is 21.8. The van der Waals surface area contributed by atoms with E-state index in [0.29, 0.717) is 27.8 Å². The van der Waals surface area contributed by atoms with Crippen molar-refractivity contribution in [3.05, 3.63) is 58.9 Å². The van der Waals surface area contributed by atoms with E-state index in [1.165, 1.54) is 7.11 Å². The van der Waals surface area contributed by atoms with Gasteiger partial charge in [-0.25, -0.2) is 10.0 Å². The van der Waals surface area contributed by atoms with Gasteiger partial charge in [-0.2, -0.15) is 5.10 Å². The first kappa shape index (κ1) is 19.7. The zero-order valence-electron chi connectivity index (χ0n) is 16.0. The fraction of sp³-hybridized carbons (Fsp3) is 0.211. The molecule has 0 bridgehead atoms. The number of benzene rings is 1. The predicted octanol–water partition coefficient (Wildman–Crippen LogP) is 3.90. The number of halogens is 1. The van der Waals surface area contributed by atoms with Gasteiger partial charge in [0.1, 0.15) is 11.6 Å². The highest BCUT2D eigenvalue weighted by atomic mass is 35.5. The Balaban J connectivity index is 1.89. The van der Waals surface area contributed by atoms with Crippen LogP contribution >= 0.6 is 11.6 Å². The van der Waals surface area contributed by atoms with Crippen LogP contribution in [0.2, 0.25) is 5.02 Å². The Morgan fingerprint density at radius 2 is 1.96 bits per heavy atom. The second-order valence-electron chi connectivity index (χ2n) is 6.12. The zero-order chi connectivity index (χ0) is 20.3. The van der Waals surface area contributed by atoms with E-state index in [-0.39, 0.29) is 5.91 Å². The molecule has 1 aromatic carbocycles. The molecule has 0 aliphatic heterocycles. The minimum absolute atomic E-state index is 0.278. The van der Waals surface area contributed by atoms with Crippen molar-refractivity contribution in [3.63, 3.8) is 0 Å². The largest absolute Gasteiger partial charge is 0.353 e. The normalized spacial score (nSPS) is 10.6. The molecule has 0 unspecified atom stereocenters. The third kappa shape index (κ3) is 4.24. The summed E-state index contributed by atoms with van der Waals surface area (Å²) in [7, 11) is 4.83. The van der Waals surface area contributed by atoms with Gasteiger partial charge in [0.15, 0.2) is 0 Å². The van der Waals surface area contributed by atoms with Crippen LogP contribution < -0.4 is 10.6 Å². The molecule has 0 aliphatic rings. The van der Waals surface area contributed by atoms with Gasteiger partial charge in [0.05, 0.1) is 41.0 Å². The van der Waals surface area contributed by atoms with Crippen LogP contribution in [0.25, 0.3) is 0 Å². The molecule has 28 heavy (non-hydrogen) atoms. The average Bonchev–Trinajstić information content (AvgIpc) is 3.00. The molecule has 0 saturated carbocycles. The van der Waals surface area contributed by atoms with Gasteiger partial charge in [-0.05, 0) is 19.1 Å². The van der Waals surface area contributed by atoms with E-state index < -0.39 is 0 Å². The van der Waals surface area contributed by atoms with Crippen LogP contribution in [0.4, 0.5) is 23.0 Å². The fourth-order valence-corrected chi connectivity index (χ4v) is 2.79. The highest BCUT2D eigenvalue weighted by molar-refractivity contribution is 6.33. The molecule has 3 aromatic rings. The molecule has 2 N–H and O–H groups in total. The average molecular weight is 401 g/mol. The number of para-hydroxylation sites is 1. The number of hydrogen-bond acceptors (Lipinski definition) is 6. The molecule has 2 heterocycles. The standard InChI is InChI=1S/C19H21ClN6O2/c1-12-9-18(25(2)24-12)23-17-10-16(14(20)11-21-17)22-15-8-6-5-7-13(15)19(27)26(3)28-4/h5-11H,1-4H3,(H2,21,22,23). The number of pyridine rings is 1. The lowest BCUT2D eigenvalue weighted by atomic mass is 10.1. The first-order valence-corrected chi connectivity index (χ1v) is 8.88. The van der Waals surface area contributed by atoms with Gasteiger partial charge in [-0.1, -0.05) is 23.7 Å². The summed E-state index contributed by atoms with van der Waals surface area (Å²) >= 11 is 6.32. The summed E-state index contributed by atoms with van der Waals surface area (Å²) in [5.41, 5.74) is 2.56. The van der Waals surface area contributed by atoms with Gasteiger partial charge < -0.3 is 10.6 Å². The number of aryl methyl sites for hydroxylation is 2. The Labute approximate surface area is 168 Å². The van der Waals surface area contributed by atoms with Gasteiger partial charge >= 0.3 is 0 Å². The number of nitrogens with one attached hydrogen (secondary N) is 2. The maximum atomic E-state index is 12.5. The Morgan fingerprint density at radius 3 is 2.64 bits per heavy atom. The van der Waals surface area contributed by atoms with Crippen LogP contribution in [0.1, 0.15) is 16.1 Å². The topological polar surface area (TPSA) is 84.3 Å². The molecule has 146 valence electrons. The number of rotatable bonds is 6. The molecule has 3 rings (SSSR count). The van der Waals surface area contributed by atoms with Crippen LogP contribution in [-0.4, -0.2) is 39.9 Å². The van der Waals surface area contributed by atoms with Crippen molar-refractivity contribution in [3.8, 4) is 0 Å². The summed E-state index contributed by atoms with van der Waals surface area (Å²) < 4.78 is 1.73. The lowest BCUT2D eigenvalue weighted by Crippen LogP contribution is -2.26. The molecular weight excluding hydrogens is 380 g/mol. The molecule has 2 aromatic heterocycles. The molecule has 0 spiro atoms. The molecule has 9 heteroatoms. The van der Waals surface area contributed by atoms with Gasteiger partial charge in [-0.3, -0.25) is 14.3 Å². The monoisotopic (exact) mass is 400 g/mol. The van der Waals surface area contributed by atoms with E-state index in [0.717, 1.165) is 16.6 Å². The van der Waals surface area contributed by atoms with Gasteiger partial charge in [0, 0.05) is 26.2 Å². The molecule has 8 nitrogen and oxygen atoms in total. The van der Waals surface area contributed by atoms with Crippen molar-refractivity contribution in [1.82, 2.24) is 19.8 Å². The Kier molecular flexibility index (Phi) is 5.81. The van der Waals surface area contributed by atoms with Crippen molar-refractivity contribution in [2.24, 2.45) is 7.05 Å². The summed E-state index contributed by atoms with van der Waals surface area (Å²) in [5.74, 6) is 1.11. The lowest BCUT2D eigenvalue weighted by Gasteiger charge is -2.17. The number of amides is 1. The number of nitrogens with zero attached hydrogens (tertiary/aromatic N) is 4. The van der Waals surface area contributed by atoms with Gasteiger partial charge in [-0.15, -0.1) is 0 Å². The molecular formula is C19H21ClN6O2. The first-order chi connectivity index (χ1) is 13.4. The molecule has 0 radical (unpaired) electrons. The van der Waals surface area contributed by atoms with E-state index >= 15 is 0 Å². The van der Waals surface area contributed by atoms with Crippen LogP contribution in [0.15, 0.2) is 42.6 Å². The highest BCUT2D eigenvalue weighted by Crippen LogP contribution is 2.30. The van der Waals surface area contributed by atoms with E-state index in [1.54, 1.807) is 42.2 Å². The number of anilines is 4. The van der Waals surface area contributed by atoms with Gasteiger partial charge in [0.25, 0.3) is 5.91 Å². The van der Waals surface area contributed by atoms with Crippen LogP contribution in [0.3, 0.4) is 0 Å². The SMILES string of the molecule is CON(C)C(=O)c1ccccc1Nc1cc(Nc2cc(C)nn2C)ncc1Cl. The molecule has 0 atom stereocenters. The second-order valence-corrected chi connectivity index (χ2v) is 6.53. The summed E-state index contributed by atoms with van der Waals surface area (Å²) in [6.45, 7) is 1.92. The number of hydrogen-bond donors (Lipinski definition) is 2. The van der Waals surface area contributed by atoms with Crippen LogP contribution in [0.5, 0.6) is 0 Å². The molecule has 1 amide bonds. The molecule has 0 fully saturated rings. The van der Waals surface area contributed by atoms with Crippen molar-refractivity contribution < 1.29 is 9.63 Å². The van der Waals surface area contributed by atoms with E-state index in [1.807, 2.05) is 26.1 Å². The van der Waals surface area contributed by atoms with Gasteiger partial charge in [0.2, 0.25) is 0 Å². The lowest BCUT2D eigenvalue weighted by molar-refractivity contribution is -0.0756. The zero-order valence-corrected chi connectivity index (χ0v) is 16.8. The third-order valence-electron chi connectivity index (χ3n) is 4.10. The molecule has 0 aliphatic carbocycles. The minimum atomic E-state index is -0.278. The maximum absolute atomic E-state index is 12.5. The summed E-state index contributed by atoms with van der Waals surface area (Å²) in [6.07, 6.45) is 1.54. The van der Waals surface area contributed by atoms with Crippen molar-refractivity contribution in [1.29, 1.82) is 0 Å². The fourth-order valence-electron chi connectivity index (χ4n) is 2.64.